The first-order chi connectivity index (χ1) is 10.3. The number of ether oxygens (including phenoxy) is 1. The fraction of sp³-hybridized carbons (Fsp3) is 0.800. The summed E-state index contributed by atoms with van der Waals surface area (Å²) in [5.41, 5.74) is -0.494. The third-order valence-corrected chi connectivity index (χ3v) is 3.37. The Kier molecular flexibility index (Phi) is 5.26. The molecule has 7 nitrogen and oxygen atoms in total. The minimum Gasteiger partial charge on any atom is -0.444 e. The van der Waals surface area contributed by atoms with Crippen molar-refractivity contribution in [3.05, 3.63) is 0 Å². The lowest BCUT2D eigenvalue weighted by Crippen LogP contribution is -2.48. The van der Waals surface area contributed by atoms with Crippen LogP contribution in [0.1, 0.15) is 33.6 Å². The van der Waals surface area contributed by atoms with Crippen LogP contribution in [0.25, 0.3) is 0 Å². The maximum atomic E-state index is 12.0. The highest BCUT2D eigenvalue weighted by Gasteiger charge is 2.29. The number of hydrogen-bond acceptors (Lipinski definition) is 5. The molecule has 1 heterocycles. The van der Waals surface area contributed by atoms with Crippen molar-refractivity contribution >= 4 is 17.8 Å². The molecule has 1 aliphatic heterocycles. The van der Waals surface area contributed by atoms with Crippen molar-refractivity contribution in [1.29, 1.82) is 0 Å². The van der Waals surface area contributed by atoms with Gasteiger partial charge >= 0.3 is 6.09 Å². The molecule has 0 bridgehead atoms. The predicted octanol–water partition coefficient (Wildman–Crippen LogP) is 0.751. The zero-order chi connectivity index (χ0) is 16.2. The highest BCUT2D eigenvalue weighted by molar-refractivity contribution is 5.88. The molecule has 0 aromatic rings. The number of aliphatic imine (C=N–C) groups is 1. The third-order valence-electron chi connectivity index (χ3n) is 3.37. The summed E-state index contributed by atoms with van der Waals surface area (Å²) >= 11 is 0. The zero-order valence-electron chi connectivity index (χ0n) is 13.6. The van der Waals surface area contributed by atoms with Gasteiger partial charge in [-0.15, -0.1) is 0 Å². The summed E-state index contributed by atoms with van der Waals surface area (Å²) in [4.78, 5) is 29.5. The van der Waals surface area contributed by atoms with Gasteiger partial charge in [-0.1, -0.05) is 0 Å². The van der Waals surface area contributed by atoms with Crippen molar-refractivity contribution in [2.45, 2.75) is 39.2 Å². The lowest BCUT2D eigenvalue weighted by atomic mass is 10.2. The molecule has 7 heteroatoms. The minimum atomic E-state index is -0.494. The number of carbonyl (C=O) groups excluding carboxylic acids is 2. The molecule has 0 aromatic heterocycles. The Labute approximate surface area is 131 Å². The maximum absolute atomic E-state index is 12.0. The van der Waals surface area contributed by atoms with E-state index >= 15 is 0 Å². The molecule has 0 saturated heterocycles. The highest BCUT2D eigenvalue weighted by Crippen LogP contribution is 2.28. The van der Waals surface area contributed by atoms with Crippen molar-refractivity contribution in [3.8, 4) is 0 Å². The third kappa shape index (κ3) is 5.54. The summed E-state index contributed by atoms with van der Waals surface area (Å²) in [6, 6.07) is 0. The number of carbonyl (C=O) groups is 2. The first kappa shape index (κ1) is 16.6. The lowest BCUT2D eigenvalue weighted by Gasteiger charge is -2.29. The second-order valence-electron chi connectivity index (χ2n) is 6.72. The van der Waals surface area contributed by atoms with Gasteiger partial charge < -0.3 is 15.4 Å². The van der Waals surface area contributed by atoms with Crippen molar-refractivity contribution in [2.75, 3.05) is 32.7 Å². The van der Waals surface area contributed by atoms with Crippen molar-refractivity contribution in [2.24, 2.45) is 10.9 Å². The van der Waals surface area contributed by atoms with E-state index in [4.69, 9.17) is 4.74 Å². The zero-order valence-corrected chi connectivity index (χ0v) is 13.6. The van der Waals surface area contributed by atoms with Gasteiger partial charge in [0.25, 0.3) is 0 Å². The van der Waals surface area contributed by atoms with Gasteiger partial charge in [0, 0.05) is 25.6 Å². The molecule has 0 atom stereocenters. The second kappa shape index (κ2) is 6.98. The molecular weight excluding hydrogens is 284 g/mol. The molecular formula is C15H26N4O3. The van der Waals surface area contributed by atoms with Crippen molar-refractivity contribution in [1.82, 2.24) is 15.5 Å². The van der Waals surface area contributed by atoms with Crippen LogP contribution in [0.2, 0.25) is 0 Å². The van der Waals surface area contributed by atoms with Crippen LogP contribution < -0.4 is 10.6 Å². The van der Waals surface area contributed by atoms with Crippen LogP contribution in [-0.2, 0) is 9.53 Å². The number of hydrogen-bond donors (Lipinski definition) is 2. The van der Waals surface area contributed by atoms with Crippen LogP contribution in [0.15, 0.2) is 4.99 Å². The second-order valence-corrected chi connectivity index (χ2v) is 6.72. The van der Waals surface area contributed by atoms with Gasteiger partial charge in [-0.3, -0.25) is 14.7 Å². The average Bonchev–Trinajstić information content (AvgIpc) is 3.26. The van der Waals surface area contributed by atoms with Crippen LogP contribution in [0.3, 0.4) is 0 Å². The molecule has 22 heavy (non-hydrogen) atoms. The van der Waals surface area contributed by atoms with Crippen LogP contribution in [0, 0.1) is 5.92 Å². The normalized spacial score (nSPS) is 18.5. The summed E-state index contributed by atoms with van der Waals surface area (Å²) in [7, 11) is 0. The van der Waals surface area contributed by atoms with Crippen LogP contribution >= 0.6 is 0 Å². The Balaban J connectivity index is 1.67. The van der Waals surface area contributed by atoms with E-state index in [0.29, 0.717) is 32.7 Å². The standard InChI is InChI=1S/C15H26N4O3/c1-15(2,3)22-14(21)19-9-8-17-12(10-19)16-6-7-18-13(20)11-4-5-11/h11H,4-10H2,1-3H3,(H,16,17)(H,18,20). The number of amidine groups is 1. The van der Waals surface area contributed by atoms with Gasteiger partial charge in [-0.05, 0) is 33.6 Å². The van der Waals surface area contributed by atoms with Crippen LogP contribution in [-0.4, -0.2) is 61.1 Å². The number of nitrogens with zero attached hydrogens (tertiary/aromatic N) is 2. The van der Waals surface area contributed by atoms with Gasteiger partial charge in [-0.2, -0.15) is 0 Å². The van der Waals surface area contributed by atoms with E-state index in [1.165, 1.54) is 0 Å². The summed E-state index contributed by atoms with van der Waals surface area (Å²) in [5, 5.41) is 6.06. The Bertz CT molecular complexity index is 452. The first-order valence-electron chi connectivity index (χ1n) is 7.88. The molecule has 1 saturated carbocycles. The monoisotopic (exact) mass is 310 g/mol. The SMILES string of the molecule is CC(C)(C)OC(=O)N1CCN=C(NCCNC(=O)C2CC2)C1. The molecule has 2 N–H and O–H groups in total. The summed E-state index contributed by atoms with van der Waals surface area (Å²) < 4.78 is 5.36. The van der Waals surface area contributed by atoms with Crippen LogP contribution in [0.4, 0.5) is 4.79 Å². The molecule has 1 fully saturated rings. The van der Waals surface area contributed by atoms with Crippen molar-refractivity contribution in [3.63, 3.8) is 0 Å². The van der Waals surface area contributed by atoms with Gasteiger partial charge in [0.1, 0.15) is 11.4 Å². The van der Waals surface area contributed by atoms with E-state index in [1.807, 2.05) is 20.8 Å². The Morgan fingerprint density at radius 1 is 1.32 bits per heavy atom. The largest absolute Gasteiger partial charge is 0.444 e. The smallest absolute Gasteiger partial charge is 0.410 e. The molecule has 0 radical (unpaired) electrons. The molecule has 2 amide bonds. The molecule has 2 rings (SSSR count). The number of nitrogens with one attached hydrogen (secondary N) is 2. The summed E-state index contributed by atoms with van der Waals surface area (Å²) in [6.45, 7) is 8.29. The minimum absolute atomic E-state index is 0.141. The van der Waals surface area contributed by atoms with E-state index in [0.717, 1.165) is 18.7 Å². The molecule has 0 aromatic carbocycles. The number of rotatable bonds is 4. The van der Waals surface area contributed by atoms with Gasteiger partial charge in [-0.25, -0.2) is 4.79 Å². The quantitative estimate of drug-likeness (QED) is 0.751. The van der Waals surface area contributed by atoms with E-state index < -0.39 is 5.60 Å². The van der Waals surface area contributed by atoms with E-state index in [-0.39, 0.29) is 17.9 Å². The molecule has 0 unspecified atom stereocenters. The highest BCUT2D eigenvalue weighted by atomic mass is 16.6. The van der Waals surface area contributed by atoms with Gasteiger partial charge in [0.2, 0.25) is 5.91 Å². The fourth-order valence-corrected chi connectivity index (χ4v) is 2.09. The maximum Gasteiger partial charge on any atom is 0.410 e. The topological polar surface area (TPSA) is 83.0 Å². The predicted molar refractivity (Wildman–Crippen MR) is 83.8 cm³/mol. The fourth-order valence-electron chi connectivity index (χ4n) is 2.09. The number of amides is 2. The Morgan fingerprint density at radius 2 is 2.05 bits per heavy atom. The van der Waals surface area contributed by atoms with Crippen LogP contribution in [0.5, 0.6) is 0 Å². The lowest BCUT2D eigenvalue weighted by molar-refractivity contribution is -0.122. The molecule has 1 aliphatic carbocycles. The van der Waals surface area contributed by atoms with E-state index in [9.17, 15) is 9.59 Å². The Hall–Kier alpha value is -1.79. The summed E-state index contributed by atoms with van der Waals surface area (Å²) in [5.74, 6) is 1.13. The van der Waals surface area contributed by atoms with Gasteiger partial charge in [0.15, 0.2) is 0 Å². The average molecular weight is 310 g/mol. The van der Waals surface area contributed by atoms with Crippen molar-refractivity contribution < 1.29 is 14.3 Å². The summed E-state index contributed by atoms with van der Waals surface area (Å²) in [6.07, 6.45) is 1.71. The van der Waals surface area contributed by atoms with E-state index in [2.05, 4.69) is 15.6 Å². The molecule has 2 aliphatic rings. The Morgan fingerprint density at radius 3 is 2.68 bits per heavy atom. The van der Waals surface area contributed by atoms with Gasteiger partial charge in [0.05, 0.1) is 13.1 Å². The first-order valence-corrected chi connectivity index (χ1v) is 7.88. The van der Waals surface area contributed by atoms with E-state index in [1.54, 1.807) is 4.90 Å². The molecule has 0 spiro atoms. The molecule has 124 valence electrons.